The first-order chi connectivity index (χ1) is 9.76. The third kappa shape index (κ3) is 2.45. The number of hydrogen-bond acceptors (Lipinski definition) is 4. The summed E-state index contributed by atoms with van der Waals surface area (Å²) in [4.78, 5) is 15.6. The van der Waals surface area contributed by atoms with Gasteiger partial charge in [0.25, 0.3) is 5.91 Å². The largest absolute Gasteiger partial charge is 0.482 e. The summed E-state index contributed by atoms with van der Waals surface area (Å²) < 4.78 is 7.40. The number of carbonyl (C=O) groups excluding carboxylic acids is 1. The molecule has 0 saturated heterocycles. The van der Waals surface area contributed by atoms with Gasteiger partial charge >= 0.3 is 0 Å². The summed E-state index contributed by atoms with van der Waals surface area (Å²) in [5.41, 5.74) is 1.62. The van der Waals surface area contributed by atoms with Gasteiger partial charge in [-0.2, -0.15) is 0 Å². The molecule has 6 heteroatoms. The summed E-state index contributed by atoms with van der Waals surface area (Å²) in [6, 6.07) is 5.64. The Hall–Kier alpha value is -2.50. The molecule has 1 aliphatic heterocycles. The first kappa shape index (κ1) is 12.5. The maximum Gasteiger partial charge on any atom is 0.262 e. The van der Waals surface area contributed by atoms with E-state index in [2.05, 4.69) is 27.1 Å². The Bertz CT molecular complexity index is 636. The first-order valence-corrected chi connectivity index (χ1v) is 6.57. The molecule has 0 saturated carbocycles. The topological polar surface area (TPSA) is 68.2 Å². The molecule has 0 aliphatic carbocycles. The number of rotatable bonds is 4. The molecule has 104 valence electrons. The van der Waals surface area contributed by atoms with Gasteiger partial charge in [0.05, 0.1) is 12.2 Å². The van der Waals surface area contributed by atoms with Crippen LogP contribution in [0.1, 0.15) is 12.7 Å². The summed E-state index contributed by atoms with van der Waals surface area (Å²) in [5.74, 6) is 1.55. The highest BCUT2D eigenvalue weighted by molar-refractivity contribution is 5.95. The van der Waals surface area contributed by atoms with Crippen LogP contribution in [0, 0.1) is 0 Å². The van der Waals surface area contributed by atoms with Gasteiger partial charge in [0.1, 0.15) is 11.6 Å². The van der Waals surface area contributed by atoms with Crippen LogP contribution >= 0.6 is 0 Å². The van der Waals surface area contributed by atoms with Crippen LogP contribution in [0.5, 0.6) is 5.75 Å². The molecular formula is C14H16N4O2. The van der Waals surface area contributed by atoms with Crippen molar-refractivity contribution in [2.24, 2.45) is 0 Å². The summed E-state index contributed by atoms with van der Waals surface area (Å²) in [6.07, 6.45) is 3.75. The number of carbonyl (C=O) groups is 1. The molecule has 0 unspecified atom stereocenters. The smallest absolute Gasteiger partial charge is 0.262 e. The Morgan fingerprint density at radius 3 is 3.25 bits per heavy atom. The summed E-state index contributed by atoms with van der Waals surface area (Å²) in [6.45, 7) is 3.68. The first-order valence-electron chi connectivity index (χ1n) is 6.57. The van der Waals surface area contributed by atoms with E-state index >= 15 is 0 Å². The van der Waals surface area contributed by atoms with Gasteiger partial charge in [0.15, 0.2) is 6.61 Å². The molecule has 2 aromatic rings. The normalized spacial score (nSPS) is 13.3. The number of hydrogen-bond donors (Lipinski definition) is 2. The number of amides is 1. The second kappa shape index (κ2) is 5.24. The van der Waals surface area contributed by atoms with Crippen LogP contribution in [-0.4, -0.2) is 22.1 Å². The number of anilines is 2. The average molecular weight is 272 g/mol. The number of aromatic nitrogens is 2. The van der Waals surface area contributed by atoms with Gasteiger partial charge in [-0.1, -0.05) is 0 Å². The molecule has 1 aromatic carbocycles. The quantitative estimate of drug-likeness (QED) is 0.891. The molecule has 0 radical (unpaired) electrons. The van der Waals surface area contributed by atoms with Crippen LogP contribution in [-0.2, 0) is 17.9 Å². The zero-order valence-corrected chi connectivity index (χ0v) is 11.2. The van der Waals surface area contributed by atoms with E-state index in [1.54, 1.807) is 6.20 Å². The fraction of sp³-hybridized carbons (Fsp3) is 0.286. The zero-order chi connectivity index (χ0) is 13.9. The molecule has 1 aromatic heterocycles. The molecular weight excluding hydrogens is 256 g/mol. The molecule has 3 rings (SSSR count). The number of ether oxygens (including phenoxy) is 1. The molecule has 1 amide bonds. The maximum absolute atomic E-state index is 11.3. The number of nitrogens with one attached hydrogen (secondary N) is 2. The van der Waals surface area contributed by atoms with E-state index in [9.17, 15) is 4.79 Å². The van der Waals surface area contributed by atoms with Gasteiger partial charge in [-0.3, -0.25) is 4.79 Å². The Balaban J connectivity index is 1.72. The Morgan fingerprint density at radius 2 is 2.40 bits per heavy atom. The van der Waals surface area contributed by atoms with Crippen LogP contribution in [0.3, 0.4) is 0 Å². The lowest BCUT2D eigenvalue weighted by molar-refractivity contribution is -0.118. The predicted molar refractivity (Wildman–Crippen MR) is 75.8 cm³/mol. The van der Waals surface area contributed by atoms with Crippen molar-refractivity contribution in [2.45, 2.75) is 20.0 Å². The molecule has 1 aliphatic rings. The second-order valence-electron chi connectivity index (χ2n) is 4.53. The van der Waals surface area contributed by atoms with Gasteiger partial charge in [-0.15, -0.1) is 0 Å². The minimum atomic E-state index is -0.129. The number of benzene rings is 1. The highest BCUT2D eigenvalue weighted by Crippen LogP contribution is 2.30. The van der Waals surface area contributed by atoms with Crippen LogP contribution in [0.4, 0.5) is 11.4 Å². The van der Waals surface area contributed by atoms with Crippen LogP contribution in [0.2, 0.25) is 0 Å². The van der Waals surface area contributed by atoms with Crippen molar-refractivity contribution in [2.75, 3.05) is 17.2 Å². The third-order valence-corrected chi connectivity index (χ3v) is 3.21. The minimum absolute atomic E-state index is 0.0771. The molecule has 20 heavy (non-hydrogen) atoms. The van der Waals surface area contributed by atoms with Gasteiger partial charge in [-0.05, 0) is 25.1 Å². The molecule has 2 heterocycles. The molecule has 0 bridgehead atoms. The lowest BCUT2D eigenvalue weighted by Crippen LogP contribution is -2.25. The molecule has 2 N–H and O–H groups in total. The van der Waals surface area contributed by atoms with Crippen molar-refractivity contribution < 1.29 is 9.53 Å². The van der Waals surface area contributed by atoms with Gasteiger partial charge in [-0.25, -0.2) is 4.98 Å². The van der Waals surface area contributed by atoms with Crippen LogP contribution < -0.4 is 15.4 Å². The molecule has 6 nitrogen and oxygen atoms in total. The fourth-order valence-electron chi connectivity index (χ4n) is 2.17. The van der Waals surface area contributed by atoms with E-state index < -0.39 is 0 Å². The van der Waals surface area contributed by atoms with Gasteiger partial charge in [0.2, 0.25) is 0 Å². The fourth-order valence-corrected chi connectivity index (χ4v) is 2.17. The number of fused-ring (bicyclic) bond motifs is 1. The van der Waals surface area contributed by atoms with E-state index in [-0.39, 0.29) is 12.5 Å². The number of aryl methyl sites for hydroxylation is 1. The van der Waals surface area contributed by atoms with Crippen molar-refractivity contribution in [1.29, 1.82) is 0 Å². The minimum Gasteiger partial charge on any atom is -0.482 e. The molecule has 0 fully saturated rings. The third-order valence-electron chi connectivity index (χ3n) is 3.21. The highest BCUT2D eigenvalue weighted by atomic mass is 16.5. The zero-order valence-electron chi connectivity index (χ0n) is 11.2. The maximum atomic E-state index is 11.3. The molecule has 0 atom stereocenters. The number of nitrogens with zero attached hydrogens (tertiary/aromatic N) is 2. The SMILES string of the molecule is CCn1ccnc1CNc1ccc2c(c1)NC(=O)CO2. The average Bonchev–Trinajstić information content (AvgIpc) is 2.92. The summed E-state index contributed by atoms with van der Waals surface area (Å²) in [7, 11) is 0. The lowest BCUT2D eigenvalue weighted by atomic mass is 10.2. The second-order valence-corrected chi connectivity index (χ2v) is 4.53. The predicted octanol–water partition coefficient (Wildman–Crippen LogP) is 1.85. The van der Waals surface area contributed by atoms with E-state index in [1.807, 2.05) is 24.4 Å². The van der Waals surface area contributed by atoms with Crippen molar-refractivity contribution in [3.8, 4) is 5.75 Å². The highest BCUT2D eigenvalue weighted by Gasteiger charge is 2.15. The molecule has 0 spiro atoms. The van der Waals surface area contributed by atoms with E-state index in [0.717, 1.165) is 18.1 Å². The van der Waals surface area contributed by atoms with Gasteiger partial charge in [0, 0.05) is 24.6 Å². The van der Waals surface area contributed by atoms with E-state index in [4.69, 9.17) is 4.74 Å². The Morgan fingerprint density at radius 1 is 1.50 bits per heavy atom. The van der Waals surface area contributed by atoms with Crippen molar-refractivity contribution in [3.63, 3.8) is 0 Å². The van der Waals surface area contributed by atoms with Crippen molar-refractivity contribution in [1.82, 2.24) is 9.55 Å². The summed E-state index contributed by atoms with van der Waals surface area (Å²) in [5, 5.41) is 6.09. The van der Waals surface area contributed by atoms with Crippen molar-refractivity contribution >= 4 is 17.3 Å². The van der Waals surface area contributed by atoms with Crippen molar-refractivity contribution in [3.05, 3.63) is 36.4 Å². The lowest BCUT2D eigenvalue weighted by Gasteiger charge is -2.18. The van der Waals surface area contributed by atoms with Crippen LogP contribution in [0.25, 0.3) is 0 Å². The monoisotopic (exact) mass is 272 g/mol. The van der Waals surface area contributed by atoms with E-state index in [0.29, 0.717) is 18.0 Å². The van der Waals surface area contributed by atoms with Crippen LogP contribution in [0.15, 0.2) is 30.6 Å². The van der Waals surface area contributed by atoms with Gasteiger partial charge < -0.3 is 19.9 Å². The Labute approximate surface area is 116 Å². The Kier molecular flexibility index (Phi) is 3.28. The summed E-state index contributed by atoms with van der Waals surface area (Å²) >= 11 is 0. The number of imidazole rings is 1. The van der Waals surface area contributed by atoms with E-state index in [1.165, 1.54) is 0 Å². The standard InChI is InChI=1S/C14H16N4O2/c1-2-18-6-5-15-13(18)8-16-10-3-4-12-11(7-10)17-14(19)9-20-12/h3-7,16H,2,8-9H2,1H3,(H,17,19).